The number of nitrogens with one attached hydrogen (secondary N) is 1. The lowest BCUT2D eigenvalue weighted by atomic mass is 10.0. The van der Waals surface area contributed by atoms with E-state index < -0.39 is 0 Å². The van der Waals surface area contributed by atoms with Crippen molar-refractivity contribution in [3.63, 3.8) is 0 Å². The highest BCUT2D eigenvalue weighted by Crippen LogP contribution is 2.28. The molecule has 1 amide bonds. The normalized spacial score (nSPS) is 17.3. The van der Waals surface area contributed by atoms with Gasteiger partial charge in [-0.05, 0) is 12.1 Å². The van der Waals surface area contributed by atoms with Crippen molar-refractivity contribution in [3.8, 4) is 5.75 Å². The molecule has 1 aliphatic rings. The zero-order valence-corrected chi connectivity index (χ0v) is 12.8. The van der Waals surface area contributed by atoms with Crippen LogP contribution in [-0.2, 0) is 18.4 Å². The average Bonchev–Trinajstić information content (AvgIpc) is 2.81. The van der Waals surface area contributed by atoms with Gasteiger partial charge in [0.05, 0.1) is 12.2 Å². The number of aryl methyl sites for hydroxylation is 1. The van der Waals surface area contributed by atoms with Crippen LogP contribution in [0.25, 0.3) is 0 Å². The highest BCUT2D eigenvalue weighted by Gasteiger charge is 2.28. The Labute approximate surface area is 129 Å². The molecule has 1 N–H and O–H groups in total. The van der Waals surface area contributed by atoms with Crippen LogP contribution in [0.2, 0.25) is 0 Å². The molecule has 116 valence electrons. The molecular formula is C16H20N4O2. The number of fused-ring (bicyclic) bond motifs is 1. The number of hydrogen-bond donors (Lipinski definition) is 1. The van der Waals surface area contributed by atoms with Gasteiger partial charge in [-0.15, -0.1) is 0 Å². The summed E-state index contributed by atoms with van der Waals surface area (Å²) in [6.45, 7) is 1.69. The van der Waals surface area contributed by atoms with E-state index in [1.807, 2.05) is 43.6 Å². The highest BCUT2D eigenvalue weighted by molar-refractivity contribution is 5.84. The third-order valence-corrected chi connectivity index (χ3v) is 3.73. The zero-order chi connectivity index (χ0) is 15.5. The minimum Gasteiger partial charge on any atom is -0.492 e. The van der Waals surface area contributed by atoms with E-state index in [0.29, 0.717) is 19.7 Å². The standard InChI is InChI=1S/C16H20N4O2/c1-19(11-12-7-9-20(2)18-12)16(21)15-13-5-3-4-6-14(13)22-10-8-17-15/h3-7,9,15,17H,8,10-11H2,1-2H3. The van der Waals surface area contributed by atoms with E-state index in [-0.39, 0.29) is 11.9 Å². The first-order valence-electron chi connectivity index (χ1n) is 7.34. The highest BCUT2D eigenvalue weighted by atomic mass is 16.5. The summed E-state index contributed by atoms with van der Waals surface area (Å²) in [5, 5.41) is 7.59. The van der Waals surface area contributed by atoms with E-state index in [1.165, 1.54) is 0 Å². The molecule has 1 aromatic carbocycles. The molecule has 2 heterocycles. The molecule has 2 aromatic rings. The Balaban J connectivity index is 1.79. The molecule has 0 saturated heterocycles. The van der Waals surface area contributed by atoms with E-state index in [1.54, 1.807) is 16.6 Å². The van der Waals surface area contributed by atoms with Gasteiger partial charge in [0.25, 0.3) is 0 Å². The number of ether oxygens (including phenoxy) is 1. The average molecular weight is 300 g/mol. The third kappa shape index (κ3) is 2.96. The van der Waals surface area contributed by atoms with Crippen molar-refractivity contribution < 1.29 is 9.53 Å². The molecule has 0 spiro atoms. The molecule has 3 rings (SSSR count). The maximum atomic E-state index is 12.8. The fraction of sp³-hybridized carbons (Fsp3) is 0.375. The van der Waals surface area contributed by atoms with Crippen LogP contribution >= 0.6 is 0 Å². The van der Waals surface area contributed by atoms with Gasteiger partial charge in [-0.3, -0.25) is 14.8 Å². The molecule has 0 radical (unpaired) electrons. The summed E-state index contributed by atoms with van der Waals surface area (Å²) in [4.78, 5) is 14.5. The molecule has 22 heavy (non-hydrogen) atoms. The van der Waals surface area contributed by atoms with Crippen LogP contribution in [-0.4, -0.2) is 40.8 Å². The second-order valence-electron chi connectivity index (χ2n) is 5.45. The molecule has 1 aromatic heterocycles. The van der Waals surface area contributed by atoms with Crippen molar-refractivity contribution in [1.29, 1.82) is 0 Å². The summed E-state index contributed by atoms with van der Waals surface area (Å²) in [5.74, 6) is 0.792. The van der Waals surface area contributed by atoms with Crippen LogP contribution in [0.15, 0.2) is 36.5 Å². The molecule has 0 bridgehead atoms. The lowest BCUT2D eigenvalue weighted by molar-refractivity contribution is -0.132. The number of likely N-dealkylation sites (N-methyl/N-ethyl adjacent to an activating group) is 1. The summed E-state index contributed by atoms with van der Waals surface area (Å²) < 4.78 is 7.42. The van der Waals surface area contributed by atoms with Crippen molar-refractivity contribution in [1.82, 2.24) is 20.0 Å². The number of aromatic nitrogens is 2. The Morgan fingerprint density at radius 3 is 3.05 bits per heavy atom. The van der Waals surface area contributed by atoms with E-state index in [4.69, 9.17) is 4.74 Å². The van der Waals surface area contributed by atoms with Crippen LogP contribution < -0.4 is 10.1 Å². The van der Waals surface area contributed by atoms with Crippen LogP contribution in [0.5, 0.6) is 5.75 Å². The Kier molecular flexibility index (Phi) is 4.11. The number of amides is 1. The Morgan fingerprint density at radius 1 is 1.45 bits per heavy atom. The summed E-state index contributed by atoms with van der Waals surface area (Å²) in [7, 11) is 3.67. The number of nitrogens with zero attached hydrogens (tertiary/aromatic N) is 3. The first-order valence-corrected chi connectivity index (χ1v) is 7.34. The molecule has 0 fully saturated rings. The van der Waals surface area contributed by atoms with Crippen LogP contribution in [0.1, 0.15) is 17.3 Å². The van der Waals surface area contributed by atoms with E-state index in [9.17, 15) is 4.79 Å². The minimum absolute atomic E-state index is 0.0172. The number of para-hydroxylation sites is 1. The van der Waals surface area contributed by atoms with Crippen molar-refractivity contribution in [2.45, 2.75) is 12.6 Å². The van der Waals surface area contributed by atoms with Gasteiger partial charge in [0, 0.05) is 32.4 Å². The lowest BCUT2D eigenvalue weighted by Crippen LogP contribution is -2.38. The molecule has 1 atom stereocenters. The SMILES string of the molecule is CN(Cc1ccn(C)n1)C(=O)C1NCCOc2ccccc21. The van der Waals surface area contributed by atoms with E-state index >= 15 is 0 Å². The number of carbonyl (C=O) groups is 1. The van der Waals surface area contributed by atoms with Gasteiger partial charge < -0.3 is 9.64 Å². The van der Waals surface area contributed by atoms with Gasteiger partial charge in [0.15, 0.2) is 0 Å². The maximum Gasteiger partial charge on any atom is 0.244 e. The predicted octanol–water partition coefficient (Wildman–Crippen LogP) is 1.10. The summed E-state index contributed by atoms with van der Waals surface area (Å²) in [6, 6.07) is 9.22. The second-order valence-corrected chi connectivity index (χ2v) is 5.45. The van der Waals surface area contributed by atoms with Crippen LogP contribution in [0.4, 0.5) is 0 Å². The van der Waals surface area contributed by atoms with Gasteiger partial charge in [-0.25, -0.2) is 0 Å². The summed E-state index contributed by atoms with van der Waals surface area (Å²) in [6.07, 6.45) is 1.88. The number of benzene rings is 1. The third-order valence-electron chi connectivity index (χ3n) is 3.73. The molecule has 1 unspecified atom stereocenters. The van der Waals surface area contributed by atoms with Gasteiger partial charge in [0.2, 0.25) is 5.91 Å². The largest absolute Gasteiger partial charge is 0.492 e. The van der Waals surface area contributed by atoms with Crippen LogP contribution in [0.3, 0.4) is 0 Å². The van der Waals surface area contributed by atoms with Crippen molar-refractivity contribution in [2.24, 2.45) is 7.05 Å². The fourth-order valence-electron chi connectivity index (χ4n) is 2.63. The summed E-state index contributed by atoms with van der Waals surface area (Å²) >= 11 is 0. The molecule has 6 nitrogen and oxygen atoms in total. The Bertz CT molecular complexity index is 668. The molecular weight excluding hydrogens is 280 g/mol. The van der Waals surface area contributed by atoms with Crippen molar-refractivity contribution in [3.05, 3.63) is 47.8 Å². The Morgan fingerprint density at radius 2 is 2.27 bits per heavy atom. The lowest BCUT2D eigenvalue weighted by Gasteiger charge is -2.23. The summed E-state index contributed by atoms with van der Waals surface area (Å²) in [5.41, 5.74) is 1.76. The number of hydrogen-bond acceptors (Lipinski definition) is 4. The molecule has 0 aliphatic carbocycles. The molecule has 0 saturated carbocycles. The molecule has 1 aliphatic heterocycles. The quantitative estimate of drug-likeness (QED) is 0.922. The zero-order valence-electron chi connectivity index (χ0n) is 12.8. The van der Waals surface area contributed by atoms with E-state index in [0.717, 1.165) is 17.0 Å². The first-order chi connectivity index (χ1) is 10.6. The fourth-order valence-corrected chi connectivity index (χ4v) is 2.63. The smallest absolute Gasteiger partial charge is 0.244 e. The van der Waals surface area contributed by atoms with Gasteiger partial charge in [-0.2, -0.15) is 5.10 Å². The molecule has 6 heteroatoms. The second kappa shape index (κ2) is 6.19. The number of carbonyl (C=O) groups excluding carboxylic acids is 1. The van der Waals surface area contributed by atoms with Crippen molar-refractivity contribution in [2.75, 3.05) is 20.2 Å². The van der Waals surface area contributed by atoms with Gasteiger partial charge in [0.1, 0.15) is 18.4 Å². The number of rotatable bonds is 3. The van der Waals surface area contributed by atoms with E-state index in [2.05, 4.69) is 10.4 Å². The maximum absolute atomic E-state index is 12.8. The van der Waals surface area contributed by atoms with Gasteiger partial charge >= 0.3 is 0 Å². The minimum atomic E-state index is -0.382. The van der Waals surface area contributed by atoms with Crippen LogP contribution in [0, 0.1) is 0 Å². The van der Waals surface area contributed by atoms with Crippen molar-refractivity contribution >= 4 is 5.91 Å². The van der Waals surface area contributed by atoms with Gasteiger partial charge in [-0.1, -0.05) is 18.2 Å². The topological polar surface area (TPSA) is 59.4 Å². The monoisotopic (exact) mass is 300 g/mol. The Hall–Kier alpha value is -2.34. The first kappa shape index (κ1) is 14.6. The predicted molar refractivity (Wildman–Crippen MR) is 82.4 cm³/mol.